The molecule has 2 aromatic rings. The lowest BCUT2D eigenvalue weighted by Crippen LogP contribution is -2.15. The summed E-state index contributed by atoms with van der Waals surface area (Å²) in [5.41, 5.74) is -1.37. The highest BCUT2D eigenvalue weighted by Gasteiger charge is 2.13. The Hall–Kier alpha value is -2.44. The largest absolute Gasteiger partial charge is 0.477 e. The Bertz CT molecular complexity index is 645. The fraction of sp³-hybridized carbons (Fsp3) is 0. The monoisotopic (exact) mass is 240 g/mol. The quantitative estimate of drug-likeness (QED) is 0.826. The summed E-state index contributed by atoms with van der Waals surface area (Å²) in [7, 11) is 0. The molecule has 2 N–H and O–H groups in total. The van der Waals surface area contributed by atoms with Crippen molar-refractivity contribution in [3.05, 3.63) is 51.9 Å². The molecule has 1 aromatic carbocycles. The molecule has 5 nitrogen and oxygen atoms in total. The molecule has 0 radical (unpaired) electrons. The third kappa shape index (κ3) is 1.94. The predicted molar refractivity (Wildman–Crippen MR) is 53.3 cm³/mol. The van der Waals surface area contributed by atoms with Crippen LogP contribution in [0, 0.1) is 11.6 Å². The van der Waals surface area contributed by atoms with E-state index in [-0.39, 0.29) is 11.4 Å². The summed E-state index contributed by atoms with van der Waals surface area (Å²) in [6, 6.07) is 3.41. The highest BCUT2D eigenvalue weighted by molar-refractivity contribution is 5.85. The number of carbonyl (C=O) groups is 1. The second kappa shape index (κ2) is 3.85. The molecular weight excluding hydrogens is 234 g/mol. The number of hydrogen-bond donors (Lipinski definition) is 2. The van der Waals surface area contributed by atoms with E-state index in [0.29, 0.717) is 10.7 Å². The van der Waals surface area contributed by atoms with Gasteiger partial charge in [-0.2, -0.15) is 0 Å². The van der Waals surface area contributed by atoms with Crippen LogP contribution in [0.2, 0.25) is 0 Å². The third-order valence-corrected chi connectivity index (χ3v) is 2.10. The highest BCUT2D eigenvalue weighted by Crippen LogP contribution is 2.12. The van der Waals surface area contributed by atoms with Gasteiger partial charge in [-0.1, -0.05) is 0 Å². The second-order valence-electron chi connectivity index (χ2n) is 3.24. The zero-order chi connectivity index (χ0) is 12.6. The van der Waals surface area contributed by atoms with Gasteiger partial charge in [0.2, 0.25) is 0 Å². The zero-order valence-corrected chi connectivity index (χ0v) is 8.28. The van der Waals surface area contributed by atoms with E-state index in [1.54, 1.807) is 0 Å². The summed E-state index contributed by atoms with van der Waals surface area (Å²) >= 11 is 0. The molecule has 0 unspecified atom stereocenters. The van der Waals surface area contributed by atoms with Crippen LogP contribution in [0.1, 0.15) is 10.5 Å². The number of benzene rings is 1. The minimum absolute atomic E-state index is 0.246. The lowest BCUT2D eigenvalue weighted by atomic mass is 10.3. The molecule has 1 aromatic heterocycles. The average Bonchev–Trinajstić information content (AvgIpc) is 2.61. The molecule has 0 atom stereocenters. The topological polar surface area (TPSA) is 75.1 Å². The van der Waals surface area contributed by atoms with Crippen molar-refractivity contribution in [3.8, 4) is 5.69 Å². The fourth-order valence-electron chi connectivity index (χ4n) is 1.35. The molecule has 0 aliphatic heterocycles. The minimum Gasteiger partial charge on any atom is -0.477 e. The molecule has 0 bridgehead atoms. The number of aromatic carboxylic acids is 1. The fourth-order valence-corrected chi connectivity index (χ4v) is 1.35. The average molecular weight is 240 g/mol. The molecule has 0 aliphatic carbocycles. The van der Waals surface area contributed by atoms with Gasteiger partial charge in [-0.3, -0.25) is 9.89 Å². The van der Waals surface area contributed by atoms with E-state index in [9.17, 15) is 18.4 Å². The number of hydrogen-bond acceptors (Lipinski definition) is 2. The van der Waals surface area contributed by atoms with Gasteiger partial charge in [0.1, 0.15) is 17.2 Å². The maximum atomic E-state index is 13.4. The predicted octanol–water partition coefficient (Wildman–Crippen LogP) is 1.14. The molecule has 0 aliphatic rings. The van der Waals surface area contributed by atoms with Crippen LogP contribution in [0.3, 0.4) is 0 Å². The van der Waals surface area contributed by atoms with Crippen LogP contribution in [-0.4, -0.2) is 20.9 Å². The number of nitrogens with zero attached hydrogens (tertiary/aromatic N) is 1. The van der Waals surface area contributed by atoms with E-state index >= 15 is 0 Å². The summed E-state index contributed by atoms with van der Waals surface area (Å²) in [6.45, 7) is 0. The van der Waals surface area contributed by atoms with Crippen molar-refractivity contribution in [2.24, 2.45) is 0 Å². The molecule has 2 rings (SSSR count). The number of rotatable bonds is 2. The number of nitrogens with one attached hydrogen (secondary N) is 1. The van der Waals surface area contributed by atoms with Gasteiger partial charge in [-0.15, -0.1) is 0 Å². The number of aromatic nitrogens is 2. The number of H-pyrrole nitrogens is 1. The first kappa shape index (κ1) is 11.1. The van der Waals surface area contributed by atoms with Crippen molar-refractivity contribution in [1.82, 2.24) is 9.78 Å². The Morgan fingerprint density at radius 3 is 2.53 bits per heavy atom. The van der Waals surface area contributed by atoms with Crippen molar-refractivity contribution in [1.29, 1.82) is 0 Å². The first-order chi connectivity index (χ1) is 7.99. The van der Waals surface area contributed by atoms with Crippen molar-refractivity contribution in [2.75, 3.05) is 0 Å². The molecule has 0 amide bonds. The first-order valence-corrected chi connectivity index (χ1v) is 4.50. The van der Waals surface area contributed by atoms with Gasteiger partial charge in [-0.25, -0.2) is 18.3 Å². The Labute approximate surface area is 92.9 Å². The van der Waals surface area contributed by atoms with Gasteiger partial charge >= 0.3 is 5.97 Å². The molecule has 7 heteroatoms. The van der Waals surface area contributed by atoms with E-state index in [1.807, 2.05) is 0 Å². The Morgan fingerprint density at radius 1 is 1.29 bits per heavy atom. The van der Waals surface area contributed by atoms with E-state index in [4.69, 9.17) is 5.11 Å². The first-order valence-electron chi connectivity index (χ1n) is 4.50. The summed E-state index contributed by atoms with van der Waals surface area (Å²) in [6.07, 6.45) is 0. The number of aromatic amines is 1. The molecule has 1 heterocycles. The molecule has 0 saturated heterocycles. The molecule has 0 fully saturated rings. The van der Waals surface area contributed by atoms with Crippen molar-refractivity contribution in [2.45, 2.75) is 0 Å². The lowest BCUT2D eigenvalue weighted by Gasteiger charge is -2.02. The van der Waals surface area contributed by atoms with Gasteiger partial charge in [0, 0.05) is 12.1 Å². The summed E-state index contributed by atoms with van der Waals surface area (Å²) in [5.74, 6) is -3.10. The Morgan fingerprint density at radius 2 is 2.00 bits per heavy atom. The maximum Gasteiger partial charge on any atom is 0.353 e. The smallest absolute Gasteiger partial charge is 0.353 e. The second-order valence-corrected chi connectivity index (χ2v) is 3.24. The van der Waals surface area contributed by atoms with Crippen LogP contribution in [-0.2, 0) is 0 Å². The van der Waals surface area contributed by atoms with Crippen LogP contribution in [0.4, 0.5) is 8.78 Å². The standard InChI is InChI=1S/C10H6F2N2O3/c11-5-1-2-8(6(12)3-5)14-9(15)4-7(13-14)10(16)17/h1-4,13H,(H,16,17). The highest BCUT2D eigenvalue weighted by atomic mass is 19.1. The summed E-state index contributed by atoms with van der Waals surface area (Å²) < 4.78 is 26.7. The number of carboxylic acid groups (broad SMARTS) is 1. The van der Waals surface area contributed by atoms with Gasteiger partial charge in [-0.05, 0) is 12.1 Å². The summed E-state index contributed by atoms with van der Waals surface area (Å²) in [4.78, 5) is 22.0. The van der Waals surface area contributed by atoms with Gasteiger partial charge in [0.15, 0.2) is 5.82 Å². The molecule has 0 spiro atoms. The maximum absolute atomic E-state index is 13.4. The van der Waals surface area contributed by atoms with Crippen LogP contribution in [0.15, 0.2) is 29.1 Å². The van der Waals surface area contributed by atoms with Crippen LogP contribution in [0.5, 0.6) is 0 Å². The SMILES string of the molecule is O=C(O)c1cc(=O)n(-c2ccc(F)cc2F)[nH]1. The Balaban J connectivity index is 2.60. The van der Waals surface area contributed by atoms with E-state index < -0.39 is 23.2 Å². The molecule has 17 heavy (non-hydrogen) atoms. The van der Waals surface area contributed by atoms with Crippen LogP contribution >= 0.6 is 0 Å². The van der Waals surface area contributed by atoms with Crippen molar-refractivity contribution < 1.29 is 18.7 Å². The van der Waals surface area contributed by atoms with Crippen molar-refractivity contribution >= 4 is 5.97 Å². The number of carboxylic acids is 1. The van der Waals surface area contributed by atoms with E-state index in [1.165, 1.54) is 0 Å². The molecular formula is C10H6F2N2O3. The number of halogens is 2. The van der Waals surface area contributed by atoms with E-state index in [0.717, 1.165) is 18.2 Å². The summed E-state index contributed by atoms with van der Waals surface area (Å²) in [5, 5.41) is 10.8. The lowest BCUT2D eigenvalue weighted by molar-refractivity contribution is 0.0690. The van der Waals surface area contributed by atoms with E-state index in [2.05, 4.69) is 5.10 Å². The normalized spacial score (nSPS) is 10.5. The van der Waals surface area contributed by atoms with Crippen LogP contribution < -0.4 is 5.56 Å². The van der Waals surface area contributed by atoms with Gasteiger partial charge < -0.3 is 5.11 Å². The van der Waals surface area contributed by atoms with Crippen LogP contribution in [0.25, 0.3) is 5.69 Å². The third-order valence-electron chi connectivity index (χ3n) is 2.10. The minimum atomic E-state index is -1.34. The van der Waals surface area contributed by atoms with Crippen molar-refractivity contribution in [3.63, 3.8) is 0 Å². The Kier molecular flexibility index (Phi) is 2.51. The van der Waals surface area contributed by atoms with Gasteiger partial charge in [0.25, 0.3) is 5.56 Å². The zero-order valence-electron chi connectivity index (χ0n) is 8.28. The molecule has 88 valence electrons. The molecule has 0 saturated carbocycles. The van der Waals surface area contributed by atoms with Gasteiger partial charge in [0.05, 0.1) is 0 Å².